The van der Waals surface area contributed by atoms with Gasteiger partial charge < -0.3 is 19.9 Å². The van der Waals surface area contributed by atoms with Gasteiger partial charge in [0.1, 0.15) is 17.5 Å². The van der Waals surface area contributed by atoms with Gasteiger partial charge in [0.2, 0.25) is 0 Å². The van der Waals surface area contributed by atoms with E-state index in [1.165, 1.54) is 19.3 Å². The number of carboxylic acids is 1. The van der Waals surface area contributed by atoms with Crippen LogP contribution >= 0.6 is 0 Å². The number of amides is 1. The SMILES string of the molecule is CCCCCCCOc1cccc(OCC(=O)NC(C(=O)O)C(C)C)c1. The minimum atomic E-state index is -1.05. The van der Waals surface area contributed by atoms with Gasteiger partial charge in [-0.1, -0.05) is 52.5 Å². The number of nitrogens with one attached hydrogen (secondary N) is 1. The zero-order valence-corrected chi connectivity index (χ0v) is 16.0. The van der Waals surface area contributed by atoms with Crippen LogP contribution in [0.15, 0.2) is 24.3 Å². The topological polar surface area (TPSA) is 84.9 Å². The van der Waals surface area contributed by atoms with Crippen molar-refractivity contribution in [1.82, 2.24) is 5.32 Å². The molecule has 2 N–H and O–H groups in total. The van der Waals surface area contributed by atoms with E-state index in [4.69, 9.17) is 14.6 Å². The fraction of sp³-hybridized carbons (Fsp3) is 0.600. The number of hydrogen-bond acceptors (Lipinski definition) is 4. The Bertz CT molecular complexity index is 559. The maximum Gasteiger partial charge on any atom is 0.326 e. The molecule has 1 amide bonds. The number of ether oxygens (including phenoxy) is 2. The fourth-order valence-corrected chi connectivity index (χ4v) is 2.43. The molecule has 146 valence electrons. The van der Waals surface area contributed by atoms with Gasteiger partial charge in [-0.15, -0.1) is 0 Å². The van der Waals surface area contributed by atoms with Crippen LogP contribution in [0.5, 0.6) is 11.5 Å². The van der Waals surface area contributed by atoms with Crippen molar-refractivity contribution in [3.05, 3.63) is 24.3 Å². The van der Waals surface area contributed by atoms with Crippen LogP contribution in [0.1, 0.15) is 52.9 Å². The molecule has 0 radical (unpaired) electrons. The molecule has 1 aromatic rings. The number of carbonyl (C=O) groups excluding carboxylic acids is 1. The van der Waals surface area contributed by atoms with E-state index in [0.29, 0.717) is 18.1 Å². The van der Waals surface area contributed by atoms with Gasteiger partial charge in [0.05, 0.1) is 6.61 Å². The van der Waals surface area contributed by atoms with Gasteiger partial charge in [0.25, 0.3) is 5.91 Å². The molecule has 0 spiro atoms. The Labute approximate surface area is 155 Å². The standard InChI is InChI=1S/C20H31NO5/c1-4-5-6-7-8-12-25-16-10-9-11-17(13-16)26-14-18(22)21-19(15(2)3)20(23)24/h9-11,13,15,19H,4-8,12,14H2,1-3H3,(H,21,22)(H,23,24). The van der Waals surface area contributed by atoms with Crippen LogP contribution in [0, 0.1) is 5.92 Å². The monoisotopic (exact) mass is 365 g/mol. The molecule has 26 heavy (non-hydrogen) atoms. The highest BCUT2D eigenvalue weighted by atomic mass is 16.5. The van der Waals surface area contributed by atoms with Gasteiger partial charge in [-0.05, 0) is 24.5 Å². The third-order valence-corrected chi connectivity index (χ3v) is 3.94. The summed E-state index contributed by atoms with van der Waals surface area (Å²) >= 11 is 0. The predicted octanol–water partition coefficient (Wildman–Crippen LogP) is 3.64. The Kier molecular flexibility index (Phi) is 10.2. The molecule has 0 aliphatic heterocycles. The molecule has 6 heteroatoms. The summed E-state index contributed by atoms with van der Waals surface area (Å²) in [4.78, 5) is 23.0. The maximum absolute atomic E-state index is 11.9. The molecule has 1 rings (SSSR count). The number of unbranched alkanes of at least 4 members (excludes halogenated alkanes) is 4. The fourth-order valence-electron chi connectivity index (χ4n) is 2.43. The number of aliphatic carboxylic acids is 1. The van der Waals surface area contributed by atoms with Crippen LogP contribution in [0.2, 0.25) is 0 Å². The van der Waals surface area contributed by atoms with E-state index in [9.17, 15) is 9.59 Å². The largest absolute Gasteiger partial charge is 0.493 e. The first-order valence-corrected chi connectivity index (χ1v) is 9.31. The predicted molar refractivity (Wildman–Crippen MR) is 101 cm³/mol. The van der Waals surface area contributed by atoms with Gasteiger partial charge in [-0.2, -0.15) is 0 Å². The average Bonchev–Trinajstić information content (AvgIpc) is 2.60. The average molecular weight is 365 g/mol. The molecule has 0 bridgehead atoms. The van der Waals surface area contributed by atoms with Crippen LogP contribution in [0.3, 0.4) is 0 Å². The third kappa shape index (κ3) is 8.74. The second-order valence-corrected chi connectivity index (χ2v) is 6.65. The Morgan fingerprint density at radius 3 is 2.35 bits per heavy atom. The van der Waals surface area contributed by atoms with Gasteiger partial charge in [0.15, 0.2) is 6.61 Å². The van der Waals surface area contributed by atoms with Gasteiger partial charge in [0, 0.05) is 6.07 Å². The first-order valence-electron chi connectivity index (χ1n) is 9.31. The lowest BCUT2D eigenvalue weighted by Gasteiger charge is -2.18. The molecule has 0 heterocycles. The normalized spacial score (nSPS) is 11.8. The third-order valence-electron chi connectivity index (χ3n) is 3.94. The summed E-state index contributed by atoms with van der Waals surface area (Å²) in [6.07, 6.45) is 5.87. The van der Waals surface area contributed by atoms with E-state index in [0.717, 1.165) is 12.8 Å². The quantitative estimate of drug-likeness (QED) is 0.521. The zero-order chi connectivity index (χ0) is 19.4. The smallest absolute Gasteiger partial charge is 0.326 e. The molecular weight excluding hydrogens is 334 g/mol. The molecular formula is C20H31NO5. The summed E-state index contributed by atoms with van der Waals surface area (Å²) in [5.74, 6) is -0.509. The molecule has 1 aromatic carbocycles. The highest BCUT2D eigenvalue weighted by Crippen LogP contribution is 2.19. The lowest BCUT2D eigenvalue weighted by molar-refractivity contribution is -0.143. The molecule has 0 fully saturated rings. The van der Waals surface area contributed by atoms with Crippen LogP contribution in [0.4, 0.5) is 0 Å². The van der Waals surface area contributed by atoms with E-state index in [-0.39, 0.29) is 12.5 Å². The number of rotatable bonds is 13. The van der Waals surface area contributed by atoms with Gasteiger partial charge >= 0.3 is 5.97 Å². The number of benzene rings is 1. The van der Waals surface area contributed by atoms with E-state index in [1.807, 2.05) is 6.07 Å². The van der Waals surface area contributed by atoms with Crippen molar-refractivity contribution >= 4 is 11.9 Å². The van der Waals surface area contributed by atoms with E-state index in [1.54, 1.807) is 32.0 Å². The Morgan fingerprint density at radius 1 is 1.08 bits per heavy atom. The number of carbonyl (C=O) groups is 2. The van der Waals surface area contributed by atoms with Crippen molar-refractivity contribution < 1.29 is 24.2 Å². The highest BCUT2D eigenvalue weighted by molar-refractivity contribution is 5.84. The van der Waals surface area contributed by atoms with Crippen LogP contribution in [-0.4, -0.2) is 36.2 Å². The van der Waals surface area contributed by atoms with E-state index in [2.05, 4.69) is 12.2 Å². The molecule has 0 aromatic heterocycles. The molecule has 1 atom stereocenters. The van der Waals surface area contributed by atoms with Gasteiger partial charge in [-0.25, -0.2) is 4.79 Å². The van der Waals surface area contributed by atoms with E-state index < -0.39 is 17.9 Å². The first kappa shape index (κ1) is 21.8. The van der Waals surface area contributed by atoms with Crippen molar-refractivity contribution in [1.29, 1.82) is 0 Å². The van der Waals surface area contributed by atoms with Crippen molar-refractivity contribution in [2.24, 2.45) is 5.92 Å². The maximum atomic E-state index is 11.9. The summed E-state index contributed by atoms with van der Waals surface area (Å²) in [6.45, 7) is 6.08. The zero-order valence-electron chi connectivity index (χ0n) is 16.0. The minimum Gasteiger partial charge on any atom is -0.493 e. The summed E-state index contributed by atoms with van der Waals surface area (Å²) in [6, 6.07) is 6.19. The Morgan fingerprint density at radius 2 is 1.73 bits per heavy atom. The second kappa shape index (κ2) is 12.2. The summed E-state index contributed by atoms with van der Waals surface area (Å²) in [7, 11) is 0. The van der Waals surface area contributed by atoms with E-state index >= 15 is 0 Å². The Balaban J connectivity index is 2.38. The van der Waals surface area contributed by atoms with Crippen molar-refractivity contribution in [3.63, 3.8) is 0 Å². The number of carboxylic acid groups (broad SMARTS) is 1. The molecule has 0 aliphatic rings. The molecule has 0 aliphatic carbocycles. The van der Waals surface area contributed by atoms with Crippen LogP contribution < -0.4 is 14.8 Å². The highest BCUT2D eigenvalue weighted by Gasteiger charge is 2.23. The lowest BCUT2D eigenvalue weighted by atomic mass is 10.1. The van der Waals surface area contributed by atoms with Gasteiger partial charge in [-0.3, -0.25) is 4.79 Å². The van der Waals surface area contributed by atoms with Crippen LogP contribution in [-0.2, 0) is 9.59 Å². The second-order valence-electron chi connectivity index (χ2n) is 6.65. The summed E-state index contributed by atoms with van der Waals surface area (Å²) < 4.78 is 11.1. The van der Waals surface area contributed by atoms with Crippen molar-refractivity contribution in [2.45, 2.75) is 58.9 Å². The Hall–Kier alpha value is -2.24. The summed E-state index contributed by atoms with van der Waals surface area (Å²) in [5, 5.41) is 11.6. The van der Waals surface area contributed by atoms with Crippen molar-refractivity contribution in [3.8, 4) is 11.5 Å². The molecule has 1 unspecified atom stereocenters. The minimum absolute atomic E-state index is 0.203. The molecule has 0 saturated carbocycles. The van der Waals surface area contributed by atoms with Crippen LogP contribution in [0.25, 0.3) is 0 Å². The van der Waals surface area contributed by atoms with Crippen molar-refractivity contribution in [2.75, 3.05) is 13.2 Å². The molecule has 0 saturated heterocycles. The number of hydrogen-bond donors (Lipinski definition) is 2. The summed E-state index contributed by atoms with van der Waals surface area (Å²) in [5.41, 5.74) is 0. The lowest BCUT2D eigenvalue weighted by Crippen LogP contribution is -2.46. The first-order chi connectivity index (χ1) is 12.4. The molecule has 6 nitrogen and oxygen atoms in total.